The van der Waals surface area contributed by atoms with Crippen LogP contribution in [0, 0.1) is 0 Å². The van der Waals surface area contributed by atoms with Crippen LogP contribution in [0.1, 0.15) is 47.9 Å². The van der Waals surface area contributed by atoms with Crippen molar-refractivity contribution in [2.24, 2.45) is 0 Å². The van der Waals surface area contributed by atoms with E-state index >= 15 is 0 Å². The third-order valence-electron chi connectivity index (χ3n) is 5.85. The van der Waals surface area contributed by atoms with E-state index in [1.807, 2.05) is 0 Å². The third kappa shape index (κ3) is 9.23. The van der Waals surface area contributed by atoms with E-state index in [0.717, 1.165) is 4.68 Å². The topological polar surface area (TPSA) is 138 Å². The Balaban J connectivity index is 1.91. The molecule has 1 atom stereocenters. The van der Waals surface area contributed by atoms with E-state index in [4.69, 9.17) is 9.47 Å². The lowest BCUT2D eigenvalue weighted by atomic mass is 9.95. The molecule has 1 aliphatic rings. The summed E-state index contributed by atoms with van der Waals surface area (Å²) in [5, 5.41) is 9.34. The van der Waals surface area contributed by atoms with Gasteiger partial charge < -0.3 is 20.1 Å². The van der Waals surface area contributed by atoms with Crippen LogP contribution in [0.3, 0.4) is 0 Å². The van der Waals surface area contributed by atoms with Crippen LogP contribution in [-0.4, -0.2) is 73.9 Å². The first kappa shape index (κ1) is 33.0. The number of nitrogens with one attached hydrogen (secondary N) is 2. The van der Waals surface area contributed by atoms with Crippen LogP contribution in [-0.2, 0) is 32.3 Å². The SMILES string of the molecule is CCOc1cc(OCC(F)(F)F)ccc1[C@H]1Cc2nn(CCCOC(F)(F)F)c(NC(=O)CS(=O)(=O)CC)c2C(=O)N1. The Morgan fingerprint density at radius 1 is 1.17 bits per heavy atom. The molecule has 11 nitrogen and oxygen atoms in total. The van der Waals surface area contributed by atoms with Gasteiger partial charge in [-0.15, -0.1) is 13.2 Å². The van der Waals surface area contributed by atoms with Crippen LogP contribution in [0.2, 0.25) is 0 Å². The van der Waals surface area contributed by atoms with E-state index in [1.54, 1.807) is 6.92 Å². The number of hydrogen-bond acceptors (Lipinski definition) is 8. The van der Waals surface area contributed by atoms with Crippen molar-refractivity contribution in [1.82, 2.24) is 15.1 Å². The maximum Gasteiger partial charge on any atom is 0.522 e. The minimum Gasteiger partial charge on any atom is -0.493 e. The van der Waals surface area contributed by atoms with E-state index in [2.05, 4.69) is 20.5 Å². The molecule has 2 aromatic rings. The highest BCUT2D eigenvalue weighted by atomic mass is 32.2. The summed E-state index contributed by atoms with van der Waals surface area (Å²) in [7, 11) is -3.75. The first-order valence-electron chi connectivity index (χ1n) is 12.6. The molecule has 0 fully saturated rings. The molecule has 0 saturated heterocycles. The molecule has 1 aromatic carbocycles. The predicted octanol–water partition coefficient (Wildman–Crippen LogP) is 3.55. The molecule has 3 rings (SSSR count). The van der Waals surface area contributed by atoms with Gasteiger partial charge in [-0.05, 0) is 25.5 Å². The quantitative estimate of drug-likeness (QED) is 0.253. The second-order valence-electron chi connectivity index (χ2n) is 9.03. The van der Waals surface area contributed by atoms with Gasteiger partial charge in [0, 0.05) is 30.3 Å². The number of benzene rings is 1. The van der Waals surface area contributed by atoms with Crippen LogP contribution in [0.15, 0.2) is 18.2 Å². The zero-order valence-corrected chi connectivity index (χ0v) is 23.2. The lowest BCUT2D eigenvalue weighted by molar-refractivity contribution is -0.324. The average Bonchev–Trinajstić information content (AvgIpc) is 3.21. The number of fused-ring (bicyclic) bond motifs is 1. The molecule has 0 bridgehead atoms. The van der Waals surface area contributed by atoms with Gasteiger partial charge in [-0.25, -0.2) is 13.1 Å². The van der Waals surface area contributed by atoms with E-state index < -0.39 is 59.2 Å². The van der Waals surface area contributed by atoms with Gasteiger partial charge in [0.1, 0.15) is 28.6 Å². The van der Waals surface area contributed by atoms with Crippen molar-refractivity contribution < 1.29 is 58.6 Å². The Morgan fingerprint density at radius 3 is 2.50 bits per heavy atom. The van der Waals surface area contributed by atoms with Gasteiger partial charge in [0.15, 0.2) is 16.4 Å². The van der Waals surface area contributed by atoms with Crippen molar-refractivity contribution in [3.8, 4) is 11.5 Å². The summed E-state index contributed by atoms with van der Waals surface area (Å²) < 4.78 is 114. The van der Waals surface area contributed by atoms with E-state index in [1.165, 1.54) is 25.1 Å². The lowest BCUT2D eigenvalue weighted by Crippen LogP contribution is -2.36. The van der Waals surface area contributed by atoms with Crippen molar-refractivity contribution in [3.05, 3.63) is 35.0 Å². The molecule has 18 heteroatoms. The Hall–Kier alpha value is -3.54. The van der Waals surface area contributed by atoms with E-state index in [0.29, 0.717) is 5.56 Å². The Labute approximate surface area is 236 Å². The summed E-state index contributed by atoms with van der Waals surface area (Å²) in [6, 6.07) is 3.12. The summed E-state index contributed by atoms with van der Waals surface area (Å²) in [6.45, 7) is 0.610. The van der Waals surface area contributed by atoms with Crippen molar-refractivity contribution in [2.75, 3.05) is 36.6 Å². The number of carbonyl (C=O) groups excluding carboxylic acids is 2. The van der Waals surface area contributed by atoms with Crippen LogP contribution in [0.4, 0.5) is 32.2 Å². The third-order valence-corrected chi connectivity index (χ3v) is 7.43. The first-order chi connectivity index (χ1) is 19.5. The lowest BCUT2D eigenvalue weighted by Gasteiger charge is -2.25. The minimum absolute atomic E-state index is 0.00785. The fraction of sp³-hybridized carbons (Fsp3) is 0.542. The van der Waals surface area contributed by atoms with Gasteiger partial charge in [0.2, 0.25) is 5.91 Å². The second kappa shape index (κ2) is 13.2. The maximum atomic E-state index is 13.2. The molecule has 234 valence electrons. The molecule has 0 saturated carbocycles. The van der Waals surface area contributed by atoms with Crippen molar-refractivity contribution >= 4 is 27.5 Å². The van der Waals surface area contributed by atoms with Crippen molar-refractivity contribution in [2.45, 2.75) is 51.8 Å². The maximum absolute atomic E-state index is 13.2. The van der Waals surface area contributed by atoms with Gasteiger partial charge in [-0.2, -0.15) is 18.3 Å². The number of sulfone groups is 1. The molecule has 2 N–H and O–H groups in total. The molecule has 0 unspecified atom stereocenters. The van der Waals surface area contributed by atoms with Gasteiger partial charge in [-0.3, -0.25) is 14.3 Å². The highest BCUT2D eigenvalue weighted by Gasteiger charge is 2.35. The largest absolute Gasteiger partial charge is 0.522 e. The first-order valence-corrected chi connectivity index (χ1v) is 14.4. The summed E-state index contributed by atoms with van der Waals surface area (Å²) in [6.07, 6.45) is -9.67. The van der Waals surface area contributed by atoms with Crippen LogP contribution in [0.5, 0.6) is 11.5 Å². The van der Waals surface area contributed by atoms with Crippen LogP contribution >= 0.6 is 0 Å². The smallest absolute Gasteiger partial charge is 0.493 e. The number of rotatable bonds is 13. The molecular formula is C24H28F6N4O7S. The van der Waals surface area contributed by atoms with Gasteiger partial charge in [-0.1, -0.05) is 6.92 Å². The fourth-order valence-electron chi connectivity index (χ4n) is 4.05. The predicted molar refractivity (Wildman–Crippen MR) is 135 cm³/mol. The van der Waals surface area contributed by atoms with Crippen molar-refractivity contribution in [3.63, 3.8) is 0 Å². The van der Waals surface area contributed by atoms with Crippen molar-refractivity contribution in [1.29, 1.82) is 0 Å². The van der Waals surface area contributed by atoms with Gasteiger partial charge in [0.25, 0.3) is 5.91 Å². The van der Waals surface area contributed by atoms with E-state index in [9.17, 15) is 44.3 Å². The molecule has 0 aliphatic carbocycles. The number of amides is 2. The Morgan fingerprint density at radius 2 is 1.88 bits per heavy atom. The van der Waals surface area contributed by atoms with Crippen LogP contribution in [0.25, 0.3) is 0 Å². The average molecular weight is 631 g/mol. The zero-order chi connectivity index (χ0) is 31.3. The highest BCUT2D eigenvalue weighted by molar-refractivity contribution is 7.92. The van der Waals surface area contributed by atoms with E-state index in [-0.39, 0.29) is 60.3 Å². The Bertz CT molecular complexity index is 1390. The number of halogens is 6. The standard InChI is InChI=1S/C24H28F6N4O7S/c1-3-39-18-10-14(40-13-23(25,26)27)6-7-15(18)16-11-17-20(22(36)31-16)21(32-19(35)12-42(37,38)4-2)34(33-17)8-5-9-41-24(28,29)30/h6-7,10,16H,3-5,8-9,11-13H2,1-2H3,(H,31,36)(H,32,35)/t16-/m1/s1. The summed E-state index contributed by atoms with van der Waals surface area (Å²) >= 11 is 0. The molecule has 1 aliphatic heterocycles. The minimum atomic E-state index is -4.87. The summed E-state index contributed by atoms with van der Waals surface area (Å²) in [5.41, 5.74) is 0.394. The fourth-order valence-corrected chi connectivity index (χ4v) is 4.73. The Kier molecular flexibility index (Phi) is 10.3. The van der Waals surface area contributed by atoms with Gasteiger partial charge >= 0.3 is 12.5 Å². The number of aryl methyl sites for hydroxylation is 1. The normalized spacial score (nSPS) is 15.6. The van der Waals surface area contributed by atoms with Gasteiger partial charge in [0.05, 0.1) is 24.9 Å². The monoisotopic (exact) mass is 630 g/mol. The molecule has 0 spiro atoms. The number of carbonyl (C=O) groups is 2. The summed E-state index contributed by atoms with van der Waals surface area (Å²) in [4.78, 5) is 25.7. The number of alkyl halides is 6. The molecule has 42 heavy (non-hydrogen) atoms. The highest BCUT2D eigenvalue weighted by Crippen LogP contribution is 2.36. The molecule has 2 heterocycles. The number of nitrogens with zero attached hydrogens (tertiary/aromatic N) is 2. The molecular weight excluding hydrogens is 602 g/mol. The zero-order valence-electron chi connectivity index (χ0n) is 22.4. The van der Waals surface area contributed by atoms with Crippen LogP contribution < -0.4 is 20.1 Å². The number of ether oxygens (including phenoxy) is 3. The summed E-state index contributed by atoms with van der Waals surface area (Å²) in [5.74, 6) is -3.14. The molecule has 2 amide bonds. The number of aromatic nitrogens is 2. The molecule has 0 radical (unpaired) electrons. The number of anilines is 1. The number of hydrogen-bond donors (Lipinski definition) is 2. The molecule has 1 aromatic heterocycles. The second-order valence-corrected chi connectivity index (χ2v) is 11.4.